The van der Waals surface area contributed by atoms with E-state index in [0.29, 0.717) is 10.7 Å². The largest absolute Gasteiger partial charge is 0.449 e. The average molecular weight is 440 g/mol. The van der Waals surface area contributed by atoms with Gasteiger partial charge in [-0.1, -0.05) is 11.6 Å². The Kier molecular flexibility index (Phi) is 7.23. The molecule has 2 aromatic rings. The van der Waals surface area contributed by atoms with Gasteiger partial charge in [-0.3, -0.25) is 4.79 Å². The number of hydrogen-bond acceptors (Lipinski definition) is 6. The van der Waals surface area contributed by atoms with Crippen LogP contribution in [0.25, 0.3) is 0 Å². The minimum absolute atomic E-state index is 0.0732. The molecule has 2 aromatic carbocycles. The number of ether oxygens (including phenoxy) is 1. The standard InChI is InChI=1S/C19H22ClN3O5S/c1-11(2)23-29(26,27)15-7-5-14(6-8-15)22-18(24)12(3)28-19(25)13-4-9-16(20)17(21)10-13/h4-12,23H,21H2,1-3H3,(H,22,24)/t12-/m1/s1. The van der Waals surface area contributed by atoms with E-state index in [2.05, 4.69) is 10.0 Å². The summed E-state index contributed by atoms with van der Waals surface area (Å²) in [5, 5.41) is 2.87. The van der Waals surface area contributed by atoms with Crippen LogP contribution in [0.1, 0.15) is 31.1 Å². The Hall–Kier alpha value is -2.62. The number of halogens is 1. The molecule has 0 aromatic heterocycles. The molecule has 0 saturated carbocycles. The number of nitrogens with one attached hydrogen (secondary N) is 2. The Morgan fingerprint density at radius 1 is 1.07 bits per heavy atom. The molecule has 29 heavy (non-hydrogen) atoms. The van der Waals surface area contributed by atoms with Crippen LogP contribution in [-0.2, 0) is 19.6 Å². The van der Waals surface area contributed by atoms with Gasteiger partial charge in [0, 0.05) is 11.7 Å². The predicted octanol–water partition coefficient (Wildman–Crippen LogP) is 2.79. The Morgan fingerprint density at radius 2 is 1.69 bits per heavy atom. The van der Waals surface area contributed by atoms with Crippen molar-refractivity contribution in [3.63, 3.8) is 0 Å². The van der Waals surface area contributed by atoms with Crippen molar-refractivity contribution in [3.8, 4) is 0 Å². The molecule has 4 N–H and O–H groups in total. The van der Waals surface area contributed by atoms with Gasteiger partial charge in [0.25, 0.3) is 5.91 Å². The van der Waals surface area contributed by atoms with Gasteiger partial charge in [-0.2, -0.15) is 0 Å². The number of sulfonamides is 1. The van der Waals surface area contributed by atoms with Crippen molar-refractivity contribution in [3.05, 3.63) is 53.1 Å². The molecule has 156 valence electrons. The fourth-order valence-corrected chi connectivity index (χ4v) is 3.66. The summed E-state index contributed by atoms with van der Waals surface area (Å²) in [6.45, 7) is 4.85. The van der Waals surface area contributed by atoms with Crippen molar-refractivity contribution in [1.29, 1.82) is 0 Å². The second-order valence-corrected chi connectivity index (χ2v) is 8.69. The normalized spacial score (nSPS) is 12.4. The van der Waals surface area contributed by atoms with E-state index in [1.807, 2.05) is 0 Å². The Morgan fingerprint density at radius 3 is 2.24 bits per heavy atom. The second-order valence-electron chi connectivity index (χ2n) is 6.57. The summed E-state index contributed by atoms with van der Waals surface area (Å²) in [6, 6.07) is 9.65. The molecule has 0 spiro atoms. The lowest BCUT2D eigenvalue weighted by molar-refractivity contribution is -0.123. The highest BCUT2D eigenvalue weighted by atomic mass is 35.5. The molecule has 0 aliphatic heterocycles. The summed E-state index contributed by atoms with van der Waals surface area (Å²) in [5.41, 5.74) is 6.40. The molecule has 0 heterocycles. The first-order valence-corrected chi connectivity index (χ1v) is 10.5. The van der Waals surface area contributed by atoms with E-state index in [1.165, 1.54) is 49.4 Å². The number of nitrogen functional groups attached to an aromatic ring is 1. The fraction of sp³-hybridized carbons (Fsp3) is 0.263. The van der Waals surface area contributed by atoms with Crippen molar-refractivity contribution < 1.29 is 22.7 Å². The van der Waals surface area contributed by atoms with Crippen LogP contribution in [0, 0.1) is 0 Å². The summed E-state index contributed by atoms with van der Waals surface area (Å²) in [7, 11) is -3.63. The summed E-state index contributed by atoms with van der Waals surface area (Å²) < 4.78 is 31.8. The number of esters is 1. The lowest BCUT2D eigenvalue weighted by atomic mass is 10.2. The van der Waals surface area contributed by atoms with E-state index in [-0.39, 0.29) is 22.2 Å². The van der Waals surface area contributed by atoms with Gasteiger partial charge in [0.1, 0.15) is 0 Å². The van der Waals surface area contributed by atoms with E-state index >= 15 is 0 Å². The maximum atomic E-state index is 12.3. The molecule has 10 heteroatoms. The average Bonchev–Trinajstić information content (AvgIpc) is 2.63. The van der Waals surface area contributed by atoms with Crippen molar-refractivity contribution in [1.82, 2.24) is 4.72 Å². The Labute approximate surface area is 174 Å². The van der Waals surface area contributed by atoms with Crippen molar-refractivity contribution >= 4 is 44.9 Å². The summed E-state index contributed by atoms with van der Waals surface area (Å²) >= 11 is 5.81. The zero-order valence-corrected chi connectivity index (χ0v) is 17.7. The number of amides is 1. The van der Waals surface area contributed by atoms with Crippen LogP contribution >= 0.6 is 11.6 Å². The zero-order valence-electron chi connectivity index (χ0n) is 16.1. The Balaban J connectivity index is 2.00. The van der Waals surface area contributed by atoms with Gasteiger partial charge in [0.05, 0.1) is 21.2 Å². The van der Waals surface area contributed by atoms with Gasteiger partial charge in [-0.15, -0.1) is 0 Å². The molecule has 8 nitrogen and oxygen atoms in total. The molecule has 1 amide bonds. The predicted molar refractivity (Wildman–Crippen MR) is 111 cm³/mol. The minimum Gasteiger partial charge on any atom is -0.449 e. The molecule has 1 atom stereocenters. The van der Waals surface area contributed by atoms with Gasteiger partial charge in [-0.05, 0) is 63.2 Å². The van der Waals surface area contributed by atoms with E-state index < -0.39 is 28.0 Å². The fourth-order valence-electron chi connectivity index (χ4n) is 2.29. The maximum absolute atomic E-state index is 12.3. The van der Waals surface area contributed by atoms with Crippen LogP contribution in [0.4, 0.5) is 11.4 Å². The zero-order chi connectivity index (χ0) is 21.8. The molecular formula is C19H22ClN3O5S. The molecule has 0 fully saturated rings. The first-order valence-electron chi connectivity index (χ1n) is 8.69. The van der Waals surface area contributed by atoms with Gasteiger partial charge < -0.3 is 15.8 Å². The molecular weight excluding hydrogens is 418 g/mol. The van der Waals surface area contributed by atoms with Gasteiger partial charge >= 0.3 is 5.97 Å². The lowest BCUT2D eigenvalue weighted by Crippen LogP contribution is -2.30. The van der Waals surface area contributed by atoms with E-state index in [0.717, 1.165) is 0 Å². The summed E-state index contributed by atoms with van der Waals surface area (Å²) in [6.07, 6.45) is -1.09. The van der Waals surface area contributed by atoms with Crippen LogP contribution in [0.5, 0.6) is 0 Å². The van der Waals surface area contributed by atoms with E-state index in [9.17, 15) is 18.0 Å². The van der Waals surface area contributed by atoms with E-state index in [4.69, 9.17) is 22.1 Å². The monoisotopic (exact) mass is 439 g/mol. The first kappa shape index (κ1) is 22.7. The van der Waals surface area contributed by atoms with Gasteiger partial charge in [0.2, 0.25) is 10.0 Å². The first-order chi connectivity index (χ1) is 13.5. The van der Waals surface area contributed by atoms with Gasteiger partial charge in [-0.25, -0.2) is 17.9 Å². The molecule has 0 saturated heterocycles. The maximum Gasteiger partial charge on any atom is 0.338 e. The molecule has 0 unspecified atom stereocenters. The highest BCUT2D eigenvalue weighted by Gasteiger charge is 2.20. The topological polar surface area (TPSA) is 128 Å². The third-order valence-corrected chi connectivity index (χ3v) is 5.73. The summed E-state index contributed by atoms with van der Waals surface area (Å²) in [5.74, 6) is -1.30. The third kappa shape index (κ3) is 6.18. The molecule has 2 rings (SSSR count). The smallest absolute Gasteiger partial charge is 0.338 e. The Bertz CT molecular complexity index is 1010. The lowest BCUT2D eigenvalue weighted by Gasteiger charge is -2.14. The number of rotatable bonds is 7. The van der Waals surface area contributed by atoms with Crippen molar-refractivity contribution in [2.75, 3.05) is 11.1 Å². The highest BCUT2D eigenvalue weighted by Crippen LogP contribution is 2.20. The minimum atomic E-state index is -3.63. The molecule has 0 aliphatic carbocycles. The van der Waals surface area contributed by atoms with Crippen LogP contribution in [0.2, 0.25) is 5.02 Å². The quantitative estimate of drug-likeness (QED) is 0.449. The number of benzene rings is 2. The number of hydrogen-bond donors (Lipinski definition) is 3. The molecule has 0 radical (unpaired) electrons. The van der Waals surface area contributed by atoms with Crippen LogP contribution in [0.3, 0.4) is 0 Å². The van der Waals surface area contributed by atoms with Crippen LogP contribution in [-0.4, -0.2) is 32.4 Å². The van der Waals surface area contributed by atoms with Crippen molar-refractivity contribution in [2.45, 2.75) is 37.8 Å². The molecule has 0 aliphatic rings. The SMILES string of the molecule is CC(C)NS(=O)(=O)c1ccc(NC(=O)[C@@H](C)OC(=O)c2ccc(Cl)c(N)c2)cc1. The number of anilines is 2. The number of carbonyl (C=O) groups excluding carboxylic acids is 2. The van der Waals surface area contributed by atoms with E-state index in [1.54, 1.807) is 13.8 Å². The third-order valence-electron chi connectivity index (χ3n) is 3.71. The van der Waals surface area contributed by atoms with Gasteiger partial charge in [0.15, 0.2) is 6.10 Å². The van der Waals surface area contributed by atoms with Crippen molar-refractivity contribution in [2.24, 2.45) is 0 Å². The number of carbonyl (C=O) groups is 2. The number of nitrogens with two attached hydrogens (primary N) is 1. The second kappa shape index (κ2) is 9.25. The van der Waals surface area contributed by atoms with Crippen LogP contribution in [0.15, 0.2) is 47.4 Å². The highest BCUT2D eigenvalue weighted by molar-refractivity contribution is 7.89. The molecule has 0 bridgehead atoms. The summed E-state index contributed by atoms with van der Waals surface area (Å²) in [4.78, 5) is 24.5. The van der Waals surface area contributed by atoms with Crippen LogP contribution < -0.4 is 15.8 Å².